The highest BCUT2D eigenvalue weighted by Crippen LogP contribution is 2.23. The van der Waals surface area contributed by atoms with E-state index in [1.807, 2.05) is 43.3 Å². The van der Waals surface area contributed by atoms with Crippen LogP contribution in [0.4, 0.5) is 0 Å². The molecule has 3 nitrogen and oxygen atoms in total. The van der Waals surface area contributed by atoms with Gasteiger partial charge >= 0.3 is 0 Å². The second-order valence-corrected chi connectivity index (χ2v) is 6.37. The van der Waals surface area contributed by atoms with Gasteiger partial charge in [0, 0.05) is 12.3 Å². The second kappa shape index (κ2) is 6.19. The molecule has 4 aromatic rings. The first-order valence-electron chi connectivity index (χ1n) is 7.97. The third-order valence-corrected chi connectivity index (χ3v) is 4.50. The molecule has 0 fully saturated rings. The van der Waals surface area contributed by atoms with E-state index in [9.17, 15) is 4.79 Å². The van der Waals surface area contributed by atoms with Gasteiger partial charge in [-0.1, -0.05) is 54.1 Å². The number of nitrogens with zero attached hydrogens (tertiary/aromatic N) is 2. The van der Waals surface area contributed by atoms with Gasteiger partial charge < -0.3 is 0 Å². The summed E-state index contributed by atoms with van der Waals surface area (Å²) in [5.74, 6) is 0. The Kier molecular flexibility index (Phi) is 3.86. The second-order valence-electron chi connectivity index (χ2n) is 5.96. The number of aryl methyl sites for hydroxylation is 1. The SMILES string of the molecule is Cc1cccn2c(=O)cc(/C(Cl)=C/c3ccc4ccccc4c3)nc12. The largest absolute Gasteiger partial charge is 0.269 e. The lowest BCUT2D eigenvalue weighted by atomic mass is 10.1. The van der Waals surface area contributed by atoms with Crippen LogP contribution in [0.3, 0.4) is 0 Å². The fourth-order valence-electron chi connectivity index (χ4n) is 2.90. The van der Waals surface area contributed by atoms with Gasteiger partial charge in [-0.3, -0.25) is 9.20 Å². The van der Waals surface area contributed by atoms with Crippen LogP contribution in [0.1, 0.15) is 16.8 Å². The van der Waals surface area contributed by atoms with Crippen molar-refractivity contribution in [3.05, 3.63) is 94.0 Å². The summed E-state index contributed by atoms with van der Waals surface area (Å²) in [6.07, 6.45) is 3.55. The molecule has 0 atom stereocenters. The minimum Gasteiger partial charge on any atom is -0.269 e. The lowest BCUT2D eigenvalue weighted by molar-refractivity contribution is 1.02. The van der Waals surface area contributed by atoms with Crippen LogP contribution in [-0.4, -0.2) is 9.38 Å². The molecule has 0 aliphatic rings. The number of pyridine rings is 1. The molecule has 25 heavy (non-hydrogen) atoms. The highest BCUT2D eigenvalue weighted by molar-refractivity contribution is 6.51. The van der Waals surface area contributed by atoms with Gasteiger partial charge in [-0.05, 0) is 47.0 Å². The third kappa shape index (κ3) is 2.94. The molecule has 0 N–H and O–H groups in total. The Morgan fingerprint density at radius 3 is 2.68 bits per heavy atom. The van der Waals surface area contributed by atoms with Crippen molar-refractivity contribution in [1.82, 2.24) is 9.38 Å². The monoisotopic (exact) mass is 346 g/mol. The lowest BCUT2D eigenvalue weighted by Gasteiger charge is -2.06. The van der Waals surface area contributed by atoms with Gasteiger partial charge in [-0.15, -0.1) is 0 Å². The maximum absolute atomic E-state index is 12.3. The van der Waals surface area contributed by atoms with Gasteiger partial charge in [-0.25, -0.2) is 4.98 Å². The highest BCUT2D eigenvalue weighted by Gasteiger charge is 2.07. The van der Waals surface area contributed by atoms with Crippen molar-refractivity contribution in [2.75, 3.05) is 0 Å². The molecule has 4 rings (SSSR count). The predicted molar refractivity (Wildman–Crippen MR) is 104 cm³/mol. The molecule has 122 valence electrons. The van der Waals surface area contributed by atoms with E-state index in [4.69, 9.17) is 11.6 Å². The van der Waals surface area contributed by atoms with E-state index in [-0.39, 0.29) is 5.56 Å². The van der Waals surface area contributed by atoms with Crippen LogP contribution in [0.15, 0.2) is 71.7 Å². The van der Waals surface area contributed by atoms with Crippen molar-refractivity contribution in [3.8, 4) is 0 Å². The van der Waals surface area contributed by atoms with Crippen LogP contribution in [-0.2, 0) is 0 Å². The molecule has 0 amide bonds. The summed E-state index contributed by atoms with van der Waals surface area (Å²) in [7, 11) is 0. The first-order valence-corrected chi connectivity index (χ1v) is 8.35. The number of aromatic nitrogens is 2. The average molecular weight is 347 g/mol. The Balaban J connectivity index is 1.82. The van der Waals surface area contributed by atoms with E-state index in [2.05, 4.69) is 29.2 Å². The maximum atomic E-state index is 12.3. The van der Waals surface area contributed by atoms with Crippen LogP contribution in [0.2, 0.25) is 0 Å². The molecule has 4 heteroatoms. The fourth-order valence-corrected chi connectivity index (χ4v) is 3.12. The summed E-state index contributed by atoms with van der Waals surface area (Å²) < 4.78 is 1.53. The summed E-state index contributed by atoms with van der Waals surface area (Å²) in [5.41, 5.74) is 2.85. The molecule has 0 saturated heterocycles. The molecule has 0 bridgehead atoms. The summed E-state index contributed by atoms with van der Waals surface area (Å²) in [5, 5.41) is 2.76. The smallest absolute Gasteiger partial charge is 0.258 e. The molecule has 0 aliphatic heterocycles. The van der Waals surface area contributed by atoms with Crippen molar-refractivity contribution < 1.29 is 0 Å². The van der Waals surface area contributed by atoms with Crippen LogP contribution < -0.4 is 5.56 Å². The zero-order valence-corrected chi connectivity index (χ0v) is 14.4. The van der Waals surface area contributed by atoms with Crippen LogP contribution >= 0.6 is 11.6 Å². The Hall–Kier alpha value is -2.91. The molecule has 0 spiro atoms. The Bertz CT molecular complexity index is 1190. The van der Waals surface area contributed by atoms with Gasteiger partial charge in [0.15, 0.2) is 0 Å². The van der Waals surface area contributed by atoms with Crippen molar-refractivity contribution in [2.45, 2.75) is 6.92 Å². The van der Waals surface area contributed by atoms with Crippen LogP contribution in [0, 0.1) is 6.92 Å². The van der Waals surface area contributed by atoms with Gasteiger partial charge in [0.05, 0.1) is 10.7 Å². The zero-order valence-electron chi connectivity index (χ0n) is 13.6. The van der Waals surface area contributed by atoms with E-state index >= 15 is 0 Å². The lowest BCUT2D eigenvalue weighted by Crippen LogP contribution is -2.15. The highest BCUT2D eigenvalue weighted by atomic mass is 35.5. The topological polar surface area (TPSA) is 34.4 Å². The van der Waals surface area contributed by atoms with Crippen molar-refractivity contribution in [1.29, 1.82) is 0 Å². The predicted octanol–water partition coefficient (Wildman–Crippen LogP) is 4.89. The quantitative estimate of drug-likeness (QED) is 0.517. The fraction of sp³-hybridized carbons (Fsp3) is 0.0476. The van der Waals surface area contributed by atoms with Gasteiger partial charge in [0.2, 0.25) is 0 Å². The first kappa shape index (κ1) is 15.6. The number of rotatable bonds is 2. The molecule has 0 radical (unpaired) electrons. The van der Waals surface area contributed by atoms with Crippen molar-refractivity contribution in [2.24, 2.45) is 0 Å². The summed E-state index contributed by atoms with van der Waals surface area (Å²) >= 11 is 6.47. The van der Waals surface area contributed by atoms with Crippen LogP contribution in [0.5, 0.6) is 0 Å². The van der Waals surface area contributed by atoms with Crippen molar-refractivity contribution >= 4 is 39.1 Å². The van der Waals surface area contributed by atoms with Gasteiger partial charge in [-0.2, -0.15) is 0 Å². The number of benzene rings is 2. The average Bonchev–Trinajstić information content (AvgIpc) is 2.62. The summed E-state index contributed by atoms with van der Waals surface area (Å²) in [4.78, 5) is 16.9. The number of hydrogen-bond donors (Lipinski definition) is 0. The summed E-state index contributed by atoms with van der Waals surface area (Å²) in [6, 6.07) is 19.5. The Morgan fingerprint density at radius 1 is 1.04 bits per heavy atom. The van der Waals surface area contributed by atoms with E-state index in [0.29, 0.717) is 16.4 Å². The van der Waals surface area contributed by atoms with Crippen LogP contribution in [0.25, 0.3) is 27.5 Å². The normalized spacial score (nSPS) is 12.0. The third-order valence-electron chi connectivity index (χ3n) is 4.20. The summed E-state index contributed by atoms with van der Waals surface area (Å²) in [6.45, 7) is 1.92. The number of halogens is 1. The molecular formula is C21H15ClN2O. The maximum Gasteiger partial charge on any atom is 0.258 e. The van der Waals surface area contributed by atoms with Gasteiger partial charge in [0.25, 0.3) is 5.56 Å². The minimum absolute atomic E-state index is 0.145. The number of fused-ring (bicyclic) bond motifs is 2. The standard InChI is InChI=1S/C21H15ClN2O/c1-14-5-4-10-24-20(25)13-19(23-21(14)24)18(22)12-15-8-9-16-6-2-3-7-17(16)11-15/h2-13H,1H3/b18-12-. The molecule has 2 heterocycles. The molecule has 2 aromatic heterocycles. The van der Waals surface area contributed by atoms with Gasteiger partial charge in [0.1, 0.15) is 5.65 Å². The zero-order chi connectivity index (χ0) is 17.4. The molecule has 2 aromatic carbocycles. The molecule has 0 saturated carbocycles. The Morgan fingerprint density at radius 2 is 1.84 bits per heavy atom. The Labute approximate surface area is 149 Å². The van der Waals surface area contributed by atoms with Crippen molar-refractivity contribution in [3.63, 3.8) is 0 Å². The minimum atomic E-state index is -0.145. The molecule has 0 aliphatic carbocycles. The van der Waals surface area contributed by atoms with E-state index in [1.54, 1.807) is 6.20 Å². The number of hydrogen-bond acceptors (Lipinski definition) is 2. The van der Waals surface area contributed by atoms with E-state index < -0.39 is 0 Å². The van der Waals surface area contributed by atoms with E-state index in [0.717, 1.165) is 16.5 Å². The van der Waals surface area contributed by atoms with E-state index in [1.165, 1.54) is 15.9 Å². The molecular weight excluding hydrogens is 332 g/mol. The first-order chi connectivity index (χ1) is 12.1. The molecule has 0 unspecified atom stereocenters.